The number of nitrogens with zero attached hydrogens (tertiary/aromatic N) is 2. The summed E-state index contributed by atoms with van der Waals surface area (Å²) in [5.74, 6) is -1.76. The number of fused-ring (bicyclic) bond motifs is 3. The van der Waals surface area contributed by atoms with Gasteiger partial charge in [0.15, 0.2) is 0 Å². The van der Waals surface area contributed by atoms with Crippen LogP contribution in [-0.2, 0) is 22.7 Å². The Morgan fingerprint density at radius 3 is 2.39 bits per heavy atom. The minimum absolute atomic E-state index is 0.0443. The lowest BCUT2D eigenvalue weighted by atomic mass is 9.93. The van der Waals surface area contributed by atoms with E-state index < -0.39 is 29.0 Å². The average molecular weight is 497 g/mol. The second-order valence-electron chi connectivity index (χ2n) is 9.88. The molecule has 0 saturated heterocycles. The van der Waals surface area contributed by atoms with Gasteiger partial charge in [-0.1, -0.05) is 26.0 Å². The number of hydrogen-bond donors (Lipinski definition) is 2. The maximum atomic E-state index is 14.2. The van der Waals surface area contributed by atoms with E-state index in [0.717, 1.165) is 6.42 Å². The molecule has 0 spiro atoms. The van der Waals surface area contributed by atoms with Crippen molar-refractivity contribution in [1.82, 2.24) is 14.8 Å². The highest BCUT2D eigenvalue weighted by atomic mass is 19.1. The highest BCUT2D eigenvalue weighted by Crippen LogP contribution is 2.39. The first-order valence-electron chi connectivity index (χ1n) is 12.0. The third kappa shape index (κ3) is 4.69. The molecule has 0 bridgehead atoms. The predicted molar refractivity (Wildman–Crippen MR) is 133 cm³/mol. The van der Waals surface area contributed by atoms with Crippen LogP contribution in [0, 0.1) is 17.6 Å². The quantitative estimate of drug-likeness (QED) is 0.507. The van der Waals surface area contributed by atoms with Gasteiger partial charge in [0.2, 0.25) is 11.8 Å². The summed E-state index contributed by atoms with van der Waals surface area (Å²) < 4.78 is 29.4. The normalized spacial score (nSPS) is 17.4. The molecule has 1 aromatic heterocycles. The molecule has 4 rings (SSSR count). The van der Waals surface area contributed by atoms with Crippen LogP contribution in [0.3, 0.4) is 0 Å². The zero-order valence-electron chi connectivity index (χ0n) is 20.8. The standard InChI is InChI=1S/C27H30F2N4O3/c1-16(2)11-12-30-26(36)27(4)15-32-22-10-9-20(29)13-21(22)23(31-17(3)34)24(32)25(35)33(27)14-18-5-7-19(28)8-6-18/h5-10,13,16H,11-12,14-15H2,1-4H3,(H,30,36)(H,31,34)/t27-/m0/s1. The molecule has 36 heavy (non-hydrogen) atoms. The minimum Gasteiger partial charge on any atom is -0.354 e. The van der Waals surface area contributed by atoms with Gasteiger partial charge in [-0.15, -0.1) is 0 Å². The lowest BCUT2D eigenvalue weighted by Gasteiger charge is -2.44. The molecule has 7 nitrogen and oxygen atoms in total. The van der Waals surface area contributed by atoms with Crippen LogP contribution >= 0.6 is 0 Å². The SMILES string of the molecule is CC(=O)Nc1c2n(c3ccc(F)cc13)C[C@@](C)(C(=O)NCCC(C)C)N(Cc1ccc(F)cc1)C2=O. The van der Waals surface area contributed by atoms with Crippen LogP contribution < -0.4 is 10.6 Å². The van der Waals surface area contributed by atoms with Gasteiger partial charge in [-0.05, 0) is 55.2 Å². The number of carbonyl (C=O) groups excluding carboxylic acids is 3. The maximum Gasteiger partial charge on any atom is 0.273 e. The van der Waals surface area contributed by atoms with E-state index in [1.807, 2.05) is 0 Å². The molecule has 2 heterocycles. The Labute approximate surface area is 208 Å². The molecule has 1 aliphatic rings. The van der Waals surface area contributed by atoms with Gasteiger partial charge >= 0.3 is 0 Å². The number of amides is 3. The smallest absolute Gasteiger partial charge is 0.273 e. The van der Waals surface area contributed by atoms with Crippen LogP contribution in [0.25, 0.3) is 10.9 Å². The first kappa shape index (κ1) is 25.3. The molecule has 0 radical (unpaired) electrons. The Kier molecular flexibility index (Phi) is 6.84. The van der Waals surface area contributed by atoms with Crippen LogP contribution in [-0.4, -0.2) is 39.3 Å². The number of rotatable bonds is 7. The molecule has 0 unspecified atom stereocenters. The summed E-state index contributed by atoms with van der Waals surface area (Å²) in [5, 5.41) is 6.02. The summed E-state index contributed by atoms with van der Waals surface area (Å²) in [6.45, 7) is 7.69. The van der Waals surface area contributed by atoms with Gasteiger partial charge < -0.3 is 20.1 Å². The van der Waals surface area contributed by atoms with Gasteiger partial charge in [0, 0.05) is 25.4 Å². The Morgan fingerprint density at radius 2 is 1.75 bits per heavy atom. The number of halogens is 2. The lowest BCUT2D eigenvalue weighted by Crippen LogP contribution is -2.63. The number of nitrogens with one attached hydrogen (secondary N) is 2. The topological polar surface area (TPSA) is 83.4 Å². The van der Waals surface area contributed by atoms with Gasteiger partial charge in [0.05, 0.1) is 17.7 Å². The predicted octanol–water partition coefficient (Wildman–Crippen LogP) is 4.45. The Balaban J connectivity index is 1.85. The molecule has 2 N–H and O–H groups in total. The molecule has 1 aliphatic heterocycles. The fraction of sp³-hybridized carbons (Fsp3) is 0.370. The molecule has 9 heteroatoms. The zero-order valence-corrected chi connectivity index (χ0v) is 20.8. The fourth-order valence-corrected chi connectivity index (χ4v) is 4.64. The van der Waals surface area contributed by atoms with Crippen molar-refractivity contribution in [3.8, 4) is 0 Å². The van der Waals surface area contributed by atoms with E-state index in [9.17, 15) is 23.2 Å². The van der Waals surface area contributed by atoms with Gasteiger partial charge in [-0.25, -0.2) is 8.78 Å². The van der Waals surface area contributed by atoms with Crippen molar-refractivity contribution < 1.29 is 23.2 Å². The van der Waals surface area contributed by atoms with Gasteiger partial charge in [0.1, 0.15) is 22.9 Å². The molecule has 0 fully saturated rings. The number of anilines is 1. The van der Waals surface area contributed by atoms with Crippen molar-refractivity contribution in [1.29, 1.82) is 0 Å². The summed E-state index contributed by atoms with van der Waals surface area (Å²) in [4.78, 5) is 41.1. The summed E-state index contributed by atoms with van der Waals surface area (Å²) in [6, 6.07) is 9.81. The number of benzene rings is 2. The van der Waals surface area contributed by atoms with Crippen molar-refractivity contribution in [2.75, 3.05) is 11.9 Å². The van der Waals surface area contributed by atoms with Gasteiger partial charge in [0.25, 0.3) is 5.91 Å². The molecule has 3 aromatic rings. The van der Waals surface area contributed by atoms with Crippen molar-refractivity contribution in [3.63, 3.8) is 0 Å². The summed E-state index contributed by atoms with van der Waals surface area (Å²) in [7, 11) is 0. The Hall–Kier alpha value is -3.75. The first-order valence-corrected chi connectivity index (χ1v) is 12.0. The van der Waals surface area contributed by atoms with E-state index in [0.29, 0.717) is 28.9 Å². The molecule has 190 valence electrons. The number of aromatic nitrogens is 1. The Bertz CT molecular complexity index is 1330. The Morgan fingerprint density at radius 1 is 1.08 bits per heavy atom. The molecule has 3 amide bonds. The molecular weight excluding hydrogens is 466 g/mol. The first-order chi connectivity index (χ1) is 17.0. The molecule has 0 aliphatic carbocycles. The third-order valence-corrected chi connectivity index (χ3v) is 6.59. The monoisotopic (exact) mass is 496 g/mol. The van der Waals surface area contributed by atoms with E-state index >= 15 is 0 Å². The van der Waals surface area contributed by atoms with E-state index in [1.54, 1.807) is 29.7 Å². The van der Waals surface area contributed by atoms with Crippen molar-refractivity contribution in [2.45, 2.75) is 52.7 Å². The van der Waals surface area contributed by atoms with Crippen molar-refractivity contribution in [3.05, 3.63) is 65.4 Å². The fourth-order valence-electron chi connectivity index (χ4n) is 4.64. The van der Waals surface area contributed by atoms with E-state index in [1.165, 1.54) is 36.1 Å². The maximum absolute atomic E-state index is 14.2. The molecule has 0 saturated carbocycles. The third-order valence-electron chi connectivity index (χ3n) is 6.59. The number of carbonyl (C=O) groups is 3. The second kappa shape index (κ2) is 9.72. The summed E-state index contributed by atoms with van der Waals surface area (Å²) in [6.07, 6.45) is 0.775. The largest absolute Gasteiger partial charge is 0.354 e. The van der Waals surface area contributed by atoms with Crippen LogP contribution in [0.15, 0.2) is 42.5 Å². The van der Waals surface area contributed by atoms with E-state index in [2.05, 4.69) is 24.5 Å². The minimum atomic E-state index is -1.30. The summed E-state index contributed by atoms with van der Waals surface area (Å²) in [5.41, 5.74) is 0.242. The van der Waals surface area contributed by atoms with Crippen LogP contribution in [0.4, 0.5) is 14.5 Å². The van der Waals surface area contributed by atoms with E-state index in [-0.39, 0.29) is 30.4 Å². The van der Waals surface area contributed by atoms with Crippen LogP contribution in [0.5, 0.6) is 0 Å². The second-order valence-corrected chi connectivity index (χ2v) is 9.88. The number of hydrogen-bond acceptors (Lipinski definition) is 3. The highest BCUT2D eigenvalue weighted by Gasteiger charge is 2.49. The molecular formula is C27H30F2N4O3. The van der Waals surface area contributed by atoms with Crippen molar-refractivity contribution in [2.24, 2.45) is 5.92 Å². The van der Waals surface area contributed by atoms with Gasteiger partial charge in [-0.3, -0.25) is 14.4 Å². The molecule has 2 aromatic carbocycles. The average Bonchev–Trinajstić information content (AvgIpc) is 3.09. The van der Waals surface area contributed by atoms with Crippen LogP contribution in [0.1, 0.15) is 50.2 Å². The van der Waals surface area contributed by atoms with Crippen molar-refractivity contribution >= 4 is 34.3 Å². The molecule has 1 atom stereocenters. The van der Waals surface area contributed by atoms with Crippen LogP contribution in [0.2, 0.25) is 0 Å². The highest BCUT2D eigenvalue weighted by molar-refractivity contribution is 6.14. The van der Waals surface area contributed by atoms with E-state index in [4.69, 9.17) is 0 Å². The summed E-state index contributed by atoms with van der Waals surface area (Å²) >= 11 is 0. The lowest BCUT2D eigenvalue weighted by molar-refractivity contribution is -0.133. The zero-order chi connectivity index (χ0) is 26.2. The van der Waals surface area contributed by atoms with Gasteiger partial charge in [-0.2, -0.15) is 0 Å².